The fourth-order valence-electron chi connectivity index (χ4n) is 1.43. The van der Waals surface area contributed by atoms with E-state index in [-0.39, 0.29) is 5.91 Å². The molecule has 0 unspecified atom stereocenters. The van der Waals surface area contributed by atoms with Crippen LogP contribution >= 0.6 is 11.3 Å². The molecular formula is C14H20N2O4S. The zero-order valence-corrected chi connectivity index (χ0v) is 12.9. The van der Waals surface area contributed by atoms with Gasteiger partial charge in [-0.25, -0.2) is 0 Å². The predicted octanol–water partition coefficient (Wildman–Crippen LogP) is 1.42. The van der Waals surface area contributed by atoms with Gasteiger partial charge in [0.05, 0.1) is 37.9 Å². The molecule has 1 rings (SSSR count). The Hall–Kier alpha value is -1.46. The molecule has 6 nitrogen and oxygen atoms in total. The zero-order valence-electron chi connectivity index (χ0n) is 12.1. The number of amides is 1. The number of nitriles is 1. The van der Waals surface area contributed by atoms with E-state index in [0.717, 1.165) is 0 Å². The number of rotatable bonds is 11. The van der Waals surface area contributed by atoms with Crippen molar-refractivity contribution in [3.05, 3.63) is 21.9 Å². The van der Waals surface area contributed by atoms with Gasteiger partial charge in [0.1, 0.15) is 10.9 Å². The molecule has 0 saturated heterocycles. The largest absolute Gasteiger partial charge is 0.379 e. The van der Waals surface area contributed by atoms with Crippen LogP contribution < -0.4 is 5.32 Å². The highest BCUT2D eigenvalue weighted by Crippen LogP contribution is 2.14. The summed E-state index contributed by atoms with van der Waals surface area (Å²) in [5.74, 6) is -0.182. The number of hydrogen-bond acceptors (Lipinski definition) is 6. The second kappa shape index (κ2) is 11.2. The van der Waals surface area contributed by atoms with Crippen molar-refractivity contribution >= 4 is 17.2 Å². The Labute approximate surface area is 128 Å². The molecule has 0 fully saturated rings. The monoisotopic (exact) mass is 312 g/mol. The second-order valence-corrected chi connectivity index (χ2v) is 5.04. The summed E-state index contributed by atoms with van der Waals surface area (Å²) in [5, 5.41) is 11.4. The number of carbonyl (C=O) groups excluding carboxylic acids is 1. The molecule has 0 aromatic carbocycles. The standard InChI is InChI=1S/C14H20N2O4S/c1-2-18-7-8-20-10-9-19-6-5-16-14(17)13-4-3-12(11-15)21-13/h3-4H,2,5-10H2,1H3,(H,16,17). The fraction of sp³-hybridized carbons (Fsp3) is 0.571. The Morgan fingerprint density at radius 3 is 2.48 bits per heavy atom. The lowest BCUT2D eigenvalue weighted by Gasteiger charge is -2.06. The number of nitrogens with zero attached hydrogens (tertiary/aromatic N) is 1. The molecule has 0 spiro atoms. The van der Waals surface area contributed by atoms with Crippen molar-refractivity contribution in [3.8, 4) is 6.07 Å². The number of thiophene rings is 1. The van der Waals surface area contributed by atoms with E-state index in [9.17, 15) is 4.79 Å². The Balaban J connectivity index is 1.97. The average molecular weight is 312 g/mol. The first-order valence-corrected chi connectivity index (χ1v) is 7.61. The SMILES string of the molecule is CCOCCOCCOCCNC(=O)c1ccc(C#N)s1. The molecule has 1 amide bonds. The van der Waals surface area contributed by atoms with Gasteiger partial charge in [-0.2, -0.15) is 5.26 Å². The minimum Gasteiger partial charge on any atom is -0.379 e. The van der Waals surface area contributed by atoms with Gasteiger partial charge in [-0.1, -0.05) is 0 Å². The first-order valence-electron chi connectivity index (χ1n) is 6.79. The van der Waals surface area contributed by atoms with Crippen molar-refractivity contribution in [1.29, 1.82) is 5.26 Å². The van der Waals surface area contributed by atoms with Crippen molar-refractivity contribution in [1.82, 2.24) is 5.32 Å². The lowest BCUT2D eigenvalue weighted by Crippen LogP contribution is -2.27. The van der Waals surface area contributed by atoms with Gasteiger partial charge in [-0.3, -0.25) is 4.79 Å². The third-order valence-electron chi connectivity index (χ3n) is 2.42. The van der Waals surface area contributed by atoms with Crippen LogP contribution in [0.3, 0.4) is 0 Å². The first-order chi connectivity index (χ1) is 10.3. The molecule has 1 heterocycles. The van der Waals surface area contributed by atoms with Gasteiger partial charge in [0.15, 0.2) is 0 Å². The van der Waals surface area contributed by atoms with E-state index >= 15 is 0 Å². The number of ether oxygens (including phenoxy) is 3. The number of hydrogen-bond donors (Lipinski definition) is 1. The van der Waals surface area contributed by atoms with Crippen molar-refractivity contribution < 1.29 is 19.0 Å². The van der Waals surface area contributed by atoms with Gasteiger partial charge in [0.2, 0.25) is 0 Å². The second-order valence-electron chi connectivity index (χ2n) is 3.95. The van der Waals surface area contributed by atoms with Crippen LogP contribution in [0.1, 0.15) is 21.5 Å². The molecule has 116 valence electrons. The van der Waals surface area contributed by atoms with E-state index < -0.39 is 0 Å². The summed E-state index contributed by atoms with van der Waals surface area (Å²) in [5.41, 5.74) is 0. The topological polar surface area (TPSA) is 80.6 Å². The third kappa shape index (κ3) is 7.78. The van der Waals surface area contributed by atoms with Gasteiger partial charge in [0.25, 0.3) is 5.91 Å². The van der Waals surface area contributed by atoms with Crippen molar-refractivity contribution in [2.75, 3.05) is 46.2 Å². The van der Waals surface area contributed by atoms with E-state index in [4.69, 9.17) is 19.5 Å². The lowest BCUT2D eigenvalue weighted by atomic mass is 10.4. The van der Waals surface area contributed by atoms with Crippen LogP contribution in [0.2, 0.25) is 0 Å². The maximum atomic E-state index is 11.7. The maximum Gasteiger partial charge on any atom is 0.261 e. The highest BCUT2D eigenvalue weighted by Gasteiger charge is 2.07. The van der Waals surface area contributed by atoms with E-state index in [1.54, 1.807) is 12.1 Å². The summed E-state index contributed by atoms with van der Waals surface area (Å²) >= 11 is 1.18. The Bertz CT molecular complexity index is 456. The first kappa shape index (κ1) is 17.6. The molecular weight excluding hydrogens is 292 g/mol. The molecule has 0 aliphatic carbocycles. The smallest absolute Gasteiger partial charge is 0.261 e. The van der Waals surface area contributed by atoms with Gasteiger partial charge in [-0.15, -0.1) is 11.3 Å². The van der Waals surface area contributed by atoms with E-state index in [1.165, 1.54) is 11.3 Å². The molecule has 1 aromatic rings. The van der Waals surface area contributed by atoms with Crippen LogP contribution in [-0.2, 0) is 14.2 Å². The van der Waals surface area contributed by atoms with Crippen molar-refractivity contribution in [2.45, 2.75) is 6.92 Å². The maximum absolute atomic E-state index is 11.7. The summed E-state index contributed by atoms with van der Waals surface area (Å²) in [6.45, 7) is 5.64. The van der Waals surface area contributed by atoms with Gasteiger partial charge >= 0.3 is 0 Å². The third-order valence-corrected chi connectivity index (χ3v) is 3.41. The number of carbonyl (C=O) groups is 1. The van der Waals surface area contributed by atoms with Gasteiger partial charge in [-0.05, 0) is 19.1 Å². The van der Waals surface area contributed by atoms with Crippen molar-refractivity contribution in [3.63, 3.8) is 0 Å². The van der Waals surface area contributed by atoms with E-state index in [1.807, 2.05) is 13.0 Å². The van der Waals surface area contributed by atoms with Crippen LogP contribution in [0.5, 0.6) is 0 Å². The minimum atomic E-state index is -0.182. The Morgan fingerprint density at radius 1 is 1.19 bits per heavy atom. The molecule has 1 aromatic heterocycles. The molecule has 1 N–H and O–H groups in total. The molecule has 0 atom stereocenters. The summed E-state index contributed by atoms with van der Waals surface area (Å²) in [7, 11) is 0. The molecule has 0 radical (unpaired) electrons. The van der Waals surface area contributed by atoms with E-state index in [0.29, 0.717) is 55.9 Å². The van der Waals surface area contributed by atoms with Crippen LogP contribution in [0, 0.1) is 11.3 Å². The highest BCUT2D eigenvalue weighted by molar-refractivity contribution is 7.14. The summed E-state index contributed by atoms with van der Waals surface area (Å²) in [6, 6.07) is 5.28. The predicted molar refractivity (Wildman–Crippen MR) is 79.5 cm³/mol. The fourth-order valence-corrected chi connectivity index (χ4v) is 2.15. The Morgan fingerprint density at radius 2 is 1.86 bits per heavy atom. The average Bonchev–Trinajstić information content (AvgIpc) is 2.98. The highest BCUT2D eigenvalue weighted by atomic mass is 32.1. The van der Waals surface area contributed by atoms with Gasteiger partial charge in [0, 0.05) is 13.2 Å². The molecule has 0 bridgehead atoms. The Kier molecular flexibility index (Phi) is 9.40. The zero-order chi connectivity index (χ0) is 15.3. The molecule has 0 saturated carbocycles. The van der Waals surface area contributed by atoms with Gasteiger partial charge < -0.3 is 19.5 Å². The molecule has 0 aliphatic heterocycles. The summed E-state index contributed by atoms with van der Waals surface area (Å²) in [6.07, 6.45) is 0. The normalized spacial score (nSPS) is 10.3. The van der Waals surface area contributed by atoms with E-state index in [2.05, 4.69) is 5.32 Å². The summed E-state index contributed by atoms with van der Waals surface area (Å²) in [4.78, 5) is 12.8. The molecule has 0 aliphatic rings. The van der Waals surface area contributed by atoms with Crippen LogP contribution in [0.25, 0.3) is 0 Å². The van der Waals surface area contributed by atoms with Crippen LogP contribution in [0.15, 0.2) is 12.1 Å². The number of nitrogens with one attached hydrogen (secondary N) is 1. The quantitative estimate of drug-likeness (QED) is 0.625. The molecule has 21 heavy (non-hydrogen) atoms. The minimum absolute atomic E-state index is 0.182. The van der Waals surface area contributed by atoms with Crippen molar-refractivity contribution in [2.24, 2.45) is 0 Å². The van der Waals surface area contributed by atoms with Crippen LogP contribution in [-0.4, -0.2) is 52.1 Å². The van der Waals surface area contributed by atoms with Crippen LogP contribution in [0.4, 0.5) is 0 Å². The summed E-state index contributed by atoms with van der Waals surface area (Å²) < 4.78 is 15.7. The molecule has 7 heteroatoms. The lowest BCUT2D eigenvalue weighted by molar-refractivity contribution is 0.0176.